The van der Waals surface area contributed by atoms with E-state index in [0.717, 1.165) is 36.4 Å². The van der Waals surface area contributed by atoms with E-state index in [1.54, 1.807) is 16.0 Å². The first-order chi connectivity index (χ1) is 32.2. The summed E-state index contributed by atoms with van der Waals surface area (Å²) in [6, 6.07) is 6.33. The van der Waals surface area contributed by atoms with Gasteiger partial charge in [-0.25, -0.2) is 57.7 Å². The first kappa shape index (κ1) is 45.9. The lowest BCUT2D eigenvalue weighted by Gasteiger charge is -2.14. The van der Waals surface area contributed by atoms with Gasteiger partial charge in [0.15, 0.2) is 69.8 Å². The summed E-state index contributed by atoms with van der Waals surface area (Å²) in [5.74, 6) is -31.0. The topological polar surface area (TPSA) is 208 Å². The lowest BCUT2D eigenvalue weighted by Crippen LogP contribution is -2.16. The molecule has 0 atom stereocenters. The fraction of sp³-hybridized carbons (Fsp3) is 0.0698. The Hall–Kier alpha value is -8.64. The number of hydrogen-bond acceptors (Lipinski definition) is 7. The summed E-state index contributed by atoms with van der Waals surface area (Å²) in [6.07, 6.45) is 1.71. The predicted octanol–water partition coefficient (Wildman–Crippen LogP) is 9.86. The fourth-order valence-electron chi connectivity index (χ4n) is 7.45. The molecular weight excluding hydrogens is 938 g/mol. The van der Waals surface area contributed by atoms with Crippen LogP contribution in [0.25, 0.3) is 78.6 Å². The number of benzene rings is 3. The highest BCUT2D eigenvalue weighted by atomic mass is 19.2. The van der Waals surface area contributed by atoms with Crippen LogP contribution in [-0.4, -0.2) is 72.8 Å². The number of carboxylic acid groups (broad SMARTS) is 3. The van der Waals surface area contributed by atoms with Gasteiger partial charge in [0.2, 0.25) is 0 Å². The second-order valence-corrected chi connectivity index (χ2v) is 14.5. The van der Waals surface area contributed by atoms with Crippen molar-refractivity contribution in [2.45, 2.75) is 0 Å². The largest absolute Gasteiger partial charge is 0.480 e. The molecule has 0 fully saturated rings. The normalized spacial score (nSPS) is 11.7. The molecule has 350 valence electrons. The molecule has 7 aromatic rings. The second-order valence-electron chi connectivity index (χ2n) is 14.5. The van der Waals surface area contributed by atoms with Gasteiger partial charge in [0.1, 0.15) is 36.7 Å². The summed E-state index contributed by atoms with van der Waals surface area (Å²) < 4.78 is 191. The van der Waals surface area contributed by atoms with Crippen LogP contribution in [0.15, 0.2) is 36.4 Å². The molecule has 0 unspecified atom stereocenters. The highest BCUT2D eigenvalue weighted by Crippen LogP contribution is 2.44. The third-order valence-corrected chi connectivity index (χ3v) is 10.4. The molecule has 68 heavy (non-hydrogen) atoms. The Kier molecular flexibility index (Phi) is 11.7. The number of aromatic amines is 3. The van der Waals surface area contributed by atoms with Crippen molar-refractivity contribution in [1.82, 2.24) is 19.9 Å². The molecule has 4 aromatic heterocycles. The van der Waals surface area contributed by atoms with Gasteiger partial charge in [-0.1, -0.05) is 0 Å². The van der Waals surface area contributed by atoms with Crippen molar-refractivity contribution >= 4 is 80.2 Å². The molecule has 1 aliphatic rings. The molecule has 1 aliphatic heterocycles. The van der Waals surface area contributed by atoms with Crippen molar-refractivity contribution in [2.75, 3.05) is 35.6 Å². The summed E-state index contributed by atoms with van der Waals surface area (Å²) in [5.41, 5.74) is -15.7. The average Bonchev–Trinajstić information content (AvgIpc) is 4.14. The third-order valence-electron chi connectivity index (χ3n) is 10.4. The maximum absolute atomic E-state index is 16.3. The maximum Gasteiger partial charge on any atom is 0.322 e. The van der Waals surface area contributed by atoms with Gasteiger partial charge in [0, 0.05) is 38.8 Å². The number of nitrogens with one attached hydrogen (secondary N) is 6. The molecule has 0 radical (unpaired) electrons. The highest BCUT2D eigenvalue weighted by Gasteiger charge is 2.33. The zero-order valence-corrected chi connectivity index (χ0v) is 33.3. The van der Waals surface area contributed by atoms with Gasteiger partial charge in [0.25, 0.3) is 0 Å². The quantitative estimate of drug-likeness (QED) is 0.0418. The Morgan fingerprint density at radius 2 is 0.603 bits per heavy atom. The number of aliphatic carboxylic acids is 3. The number of hydrogen-bond donors (Lipinski definition) is 9. The number of anilines is 3. The summed E-state index contributed by atoms with van der Waals surface area (Å²) in [5, 5.41) is 32.2. The van der Waals surface area contributed by atoms with Crippen molar-refractivity contribution in [3.8, 4) is 33.4 Å². The molecular formula is C43H23F12N7O6. The summed E-state index contributed by atoms with van der Waals surface area (Å²) in [4.78, 5) is 45.5. The monoisotopic (exact) mass is 961 g/mol. The minimum Gasteiger partial charge on any atom is -0.480 e. The van der Waals surface area contributed by atoms with Crippen molar-refractivity contribution in [3.63, 3.8) is 0 Å². The van der Waals surface area contributed by atoms with Gasteiger partial charge < -0.3 is 46.2 Å². The first-order valence-electron chi connectivity index (χ1n) is 19.0. The minimum absolute atomic E-state index is 0.0760. The van der Waals surface area contributed by atoms with E-state index in [4.69, 9.17) is 15.3 Å². The van der Waals surface area contributed by atoms with Gasteiger partial charge in [-0.05, 0) is 48.6 Å². The van der Waals surface area contributed by atoms with E-state index < -0.39 is 191 Å². The Morgan fingerprint density at radius 1 is 0.368 bits per heavy atom. The van der Waals surface area contributed by atoms with Crippen LogP contribution in [0.2, 0.25) is 0 Å². The second kappa shape index (κ2) is 17.3. The van der Waals surface area contributed by atoms with Crippen LogP contribution in [0.4, 0.5) is 69.7 Å². The number of fused-ring (bicyclic) bond motifs is 9. The number of halogens is 12. The Morgan fingerprint density at radius 3 is 0.882 bits per heavy atom. The Balaban J connectivity index is 1.56. The van der Waals surface area contributed by atoms with Crippen LogP contribution in [0.5, 0.6) is 0 Å². The molecule has 25 heteroatoms. The summed E-state index contributed by atoms with van der Waals surface area (Å²) in [7, 11) is 0. The molecule has 8 bridgehead atoms. The number of rotatable bonds is 12. The molecule has 5 heterocycles. The molecule has 0 spiro atoms. The minimum atomic E-state index is -2.24. The lowest BCUT2D eigenvalue weighted by atomic mass is 10.0. The van der Waals surface area contributed by atoms with Crippen LogP contribution in [0.1, 0.15) is 11.4 Å². The summed E-state index contributed by atoms with van der Waals surface area (Å²) in [6.45, 7) is -3.68. The van der Waals surface area contributed by atoms with Crippen molar-refractivity contribution in [1.29, 1.82) is 0 Å². The molecule has 9 N–H and O–H groups in total. The van der Waals surface area contributed by atoms with Gasteiger partial charge in [-0.3, -0.25) is 14.4 Å². The van der Waals surface area contributed by atoms with Gasteiger partial charge in [-0.2, -0.15) is 0 Å². The van der Waals surface area contributed by atoms with Crippen LogP contribution < -0.4 is 16.0 Å². The zero-order valence-electron chi connectivity index (χ0n) is 33.3. The van der Waals surface area contributed by atoms with E-state index in [1.165, 1.54) is 12.1 Å². The standard InChI is InChI=1S/C43H23F12N7O6/c44-29-26(30(45)36(51)41(35(29)50)56-9-20(63)64)23-14-3-1-12(59-14)13-2-4-15(60-13)24(27-31(46)37(52)42(38(53)32(27)47)57-10-21(65)66)17-6-8-19(62-17)25(18-7-5-16(23)61-18)28-33(48)39(54)43(40(55)34(28)49)58-11-22(67)68/h1-8,56-61H,9-11H2,(H,63,64)(H,65,66)(H,67,68). The van der Waals surface area contributed by atoms with E-state index in [9.17, 15) is 14.4 Å². The molecule has 0 amide bonds. The third kappa shape index (κ3) is 7.65. The highest BCUT2D eigenvalue weighted by molar-refractivity contribution is 6.00. The van der Waals surface area contributed by atoms with Crippen molar-refractivity contribution < 1.29 is 82.4 Å². The molecule has 3 aromatic carbocycles. The summed E-state index contributed by atoms with van der Waals surface area (Å²) >= 11 is 0. The maximum atomic E-state index is 16.3. The SMILES string of the molecule is O=C(O)CNc1c(F)c(F)c(-c2c3nc(c(-c4c(F)c(F)c(NCC(=O)O)c(F)c4F)c4ccc([nH]4)c4ccc([nH]4)c(-c4c(F)c(F)c(NCC(=O)O)c(F)c4F)c4ccc2[nH]4)C=C3)c(F)c1F. The molecule has 8 rings (SSSR count). The van der Waals surface area contributed by atoms with Crippen molar-refractivity contribution in [3.05, 3.63) is 118 Å². The van der Waals surface area contributed by atoms with Crippen molar-refractivity contribution in [2.24, 2.45) is 0 Å². The molecule has 0 saturated carbocycles. The van der Waals surface area contributed by atoms with Crippen LogP contribution >= 0.6 is 0 Å². The van der Waals surface area contributed by atoms with Crippen LogP contribution in [0.3, 0.4) is 0 Å². The smallest absolute Gasteiger partial charge is 0.322 e. The lowest BCUT2D eigenvalue weighted by molar-refractivity contribution is -0.136. The van der Waals surface area contributed by atoms with Crippen LogP contribution in [0, 0.1) is 69.8 Å². The number of H-pyrrole nitrogens is 3. The van der Waals surface area contributed by atoms with Gasteiger partial charge >= 0.3 is 17.9 Å². The average molecular weight is 962 g/mol. The zero-order chi connectivity index (χ0) is 49.2. The van der Waals surface area contributed by atoms with E-state index in [-0.39, 0.29) is 11.0 Å². The van der Waals surface area contributed by atoms with E-state index in [0.29, 0.717) is 0 Å². The van der Waals surface area contributed by atoms with Crippen LogP contribution in [-0.2, 0) is 14.4 Å². The van der Waals surface area contributed by atoms with E-state index in [2.05, 4.69) is 19.9 Å². The fourth-order valence-corrected chi connectivity index (χ4v) is 7.45. The predicted molar refractivity (Wildman–Crippen MR) is 219 cm³/mol. The van der Waals surface area contributed by atoms with E-state index >= 15 is 52.7 Å². The van der Waals surface area contributed by atoms with Gasteiger partial charge in [-0.15, -0.1) is 0 Å². The Labute approximate surface area is 368 Å². The number of carbonyl (C=O) groups is 3. The number of nitrogens with zero attached hydrogens (tertiary/aromatic N) is 1. The molecule has 0 saturated heterocycles. The Bertz CT molecular complexity index is 3430. The molecule has 0 aliphatic carbocycles. The number of carboxylic acids is 3. The number of aromatic nitrogens is 4. The van der Waals surface area contributed by atoms with E-state index in [1.807, 2.05) is 0 Å². The van der Waals surface area contributed by atoms with Gasteiger partial charge in [0.05, 0.1) is 39.1 Å². The molecule has 13 nitrogen and oxygen atoms in total. The first-order valence-corrected chi connectivity index (χ1v) is 19.0.